The molecule has 0 aliphatic heterocycles. The van der Waals surface area contributed by atoms with E-state index in [1.807, 2.05) is 19.0 Å². The number of hydrogen-bond acceptors (Lipinski definition) is 6. The summed E-state index contributed by atoms with van der Waals surface area (Å²) < 4.78 is 13.1. The van der Waals surface area contributed by atoms with Crippen molar-refractivity contribution in [1.82, 2.24) is 20.4 Å². The normalized spacial score (nSPS) is 10.8. The quantitative estimate of drug-likeness (QED) is 0.695. The van der Waals surface area contributed by atoms with Gasteiger partial charge in [0, 0.05) is 31.6 Å². The third-order valence-corrected chi connectivity index (χ3v) is 4.40. The van der Waals surface area contributed by atoms with Crippen molar-refractivity contribution in [2.24, 2.45) is 0 Å². The highest BCUT2D eigenvalue weighted by molar-refractivity contribution is 7.13. The number of carbonyl (C=O) groups excluding carboxylic acids is 2. The van der Waals surface area contributed by atoms with Crippen molar-refractivity contribution < 1.29 is 14.0 Å². The summed E-state index contributed by atoms with van der Waals surface area (Å²) in [7, 11) is 3.90. The Morgan fingerprint density at radius 3 is 2.81 bits per heavy atom. The summed E-state index contributed by atoms with van der Waals surface area (Å²) in [6.07, 6.45) is 1.61. The molecule has 2 amide bonds. The zero-order chi connectivity index (χ0) is 18.9. The number of likely N-dealkylation sites (N-methyl/N-ethyl adjacent to an activating group) is 1. The molecule has 2 N–H and O–H groups in total. The van der Waals surface area contributed by atoms with Gasteiger partial charge in [0.2, 0.25) is 10.9 Å². The molecule has 9 heteroatoms. The summed E-state index contributed by atoms with van der Waals surface area (Å²) in [6.45, 7) is 1.42. The second kappa shape index (κ2) is 9.93. The molecule has 0 spiro atoms. The van der Waals surface area contributed by atoms with Crippen LogP contribution in [0.25, 0.3) is 0 Å². The molecule has 0 aliphatic carbocycles. The van der Waals surface area contributed by atoms with Crippen LogP contribution in [0.5, 0.6) is 0 Å². The Hall–Kier alpha value is -2.39. The minimum Gasteiger partial charge on any atom is -0.355 e. The number of anilines is 1. The lowest BCUT2D eigenvalue weighted by Gasteiger charge is -2.09. The van der Waals surface area contributed by atoms with Crippen LogP contribution >= 0.6 is 11.3 Å². The maximum atomic E-state index is 13.1. The molecule has 1 heterocycles. The Morgan fingerprint density at radius 1 is 1.27 bits per heavy atom. The lowest BCUT2D eigenvalue weighted by Crippen LogP contribution is -2.31. The lowest BCUT2D eigenvalue weighted by atomic mass is 10.2. The van der Waals surface area contributed by atoms with Gasteiger partial charge in [-0.3, -0.25) is 9.59 Å². The molecule has 0 atom stereocenters. The highest BCUT2D eigenvalue weighted by atomic mass is 32.1. The van der Waals surface area contributed by atoms with Crippen LogP contribution in [-0.4, -0.2) is 54.1 Å². The van der Waals surface area contributed by atoms with Gasteiger partial charge in [-0.05, 0) is 38.7 Å². The van der Waals surface area contributed by atoms with E-state index in [1.54, 1.807) is 6.07 Å². The van der Waals surface area contributed by atoms with Gasteiger partial charge in [-0.15, -0.1) is 10.2 Å². The monoisotopic (exact) mass is 379 g/mol. The van der Waals surface area contributed by atoms with E-state index in [-0.39, 0.29) is 10.9 Å². The number of halogens is 1. The van der Waals surface area contributed by atoms with E-state index in [0.29, 0.717) is 36.5 Å². The van der Waals surface area contributed by atoms with E-state index >= 15 is 0 Å². The summed E-state index contributed by atoms with van der Waals surface area (Å²) in [5.41, 5.74) is 0.362. The Balaban J connectivity index is 1.75. The molecular formula is C17H22FN5O2S. The third kappa shape index (κ3) is 6.85. The topological polar surface area (TPSA) is 87.2 Å². The second-order valence-corrected chi connectivity index (χ2v) is 7.03. The molecule has 140 valence electrons. The molecule has 0 unspecified atom stereocenters. The predicted octanol–water partition coefficient (Wildman–Crippen LogP) is 1.93. The number of hydrogen-bond donors (Lipinski definition) is 2. The van der Waals surface area contributed by atoms with Crippen molar-refractivity contribution in [1.29, 1.82) is 0 Å². The van der Waals surface area contributed by atoms with E-state index in [2.05, 4.69) is 20.8 Å². The molecule has 0 aliphatic rings. The fraction of sp³-hybridized carbons (Fsp3) is 0.412. The molecule has 2 aromatic rings. The van der Waals surface area contributed by atoms with Crippen molar-refractivity contribution in [2.75, 3.05) is 32.5 Å². The van der Waals surface area contributed by atoms with Crippen LogP contribution in [0.3, 0.4) is 0 Å². The number of benzene rings is 1. The Labute approximate surface area is 155 Å². The standard InChI is InChI=1S/C17H22FN5O2S/c1-23(2)10-9-19-14(24)7-4-8-15-21-22-17(26-15)16(25)20-13-6-3-5-12(18)11-13/h3,5-6,11H,4,7-10H2,1-2H3,(H,19,24)(H,20,25). The first kappa shape index (κ1) is 19.9. The van der Waals surface area contributed by atoms with E-state index in [9.17, 15) is 14.0 Å². The Kier molecular flexibility index (Phi) is 7.61. The third-order valence-electron chi connectivity index (χ3n) is 3.42. The van der Waals surface area contributed by atoms with Gasteiger partial charge in [-0.25, -0.2) is 4.39 Å². The smallest absolute Gasteiger partial charge is 0.286 e. The average molecular weight is 379 g/mol. The van der Waals surface area contributed by atoms with Crippen molar-refractivity contribution in [3.05, 3.63) is 40.1 Å². The lowest BCUT2D eigenvalue weighted by molar-refractivity contribution is -0.121. The fourth-order valence-electron chi connectivity index (χ4n) is 2.10. The van der Waals surface area contributed by atoms with Gasteiger partial charge in [-0.2, -0.15) is 0 Å². The minimum absolute atomic E-state index is 0.000404. The first-order chi connectivity index (χ1) is 12.4. The van der Waals surface area contributed by atoms with Crippen LogP contribution < -0.4 is 10.6 Å². The van der Waals surface area contributed by atoms with Gasteiger partial charge in [0.15, 0.2) is 0 Å². The van der Waals surface area contributed by atoms with Crippen molar-refractivity contribution in [3.8, 4) is 0 Å². The number of aryl methyl sites for hydroxylation is 1. The number of amides is 2. The van der Waals surface area contributed by atoms with Crippen LogP contribution in [-0.2, 0) is 11.2 Å². The fourth-order valence-corrected chi connectivity index (χ4v) is 2.88. The van der Waals surface area contributed by atoms with Crippen LogP contribution in [0.4, 0.5) is 10.1 Å². The Bertz CT molecular complexity index is 750. The SMILES string of the molecule is CN(C)CCNC(=O)CCCc1nnc(C(=O)Nc2cccc(F)c2)s1. The Morgan fingerprint density at radius 2 is 2.08 bits per heavy atom. The van der Waals surface area contributed by atoms with Gasteiger partial charge in [0.05, 0.1) is 0 Å². The van der Waals surface area contributed by atoms with E-state index in [4.69, 9.17) is 0 Å². The zero-order valence-corrected chi connectivity index (χ0v) is 15.6. The summed E-state index contributed by atoms with van der Waals surface area (Å²) >= 11 is 1.17. The van der Waals surface area contributed by atoms with E-state index in [1.165, 1.54) is 29.5 Å². The van der Waals surface area contributed by atoms with Crippen LogP contribution in [0.2, 0.25) is 0 Å². The summed E-state index contributed by atoms with van der Waals surface area (Å²) in [4.78, 5) is 25.8. The van der Waals surface area contributed by atoms with Crippen LogP contribution in [0.1, 0.15) is 27.7 Å². The highest BCUT2D eigenvalue weighted by Crippen LogP contribution is 2.15. The summed E-state index contributed by atoms with van der Waals surface area (Å²) in [6, 6.07) is 5.64. The van der Waals surface area contributed by atoms with Crippen molar-refractivity contribution in [3.63, 3.8) is 0 Å². The van der Waals surface area contributed by atoms with Crippen LogP contribution in [0, 0.1) is 5.82 Å². The molecule has 26 heavy (non-hydrogen) atoms. The largest absolute Gasteiger partial charge is 0.355 e. The number of carbonyl (C=O) groups is 2. The molecule has 0 saturated carbocycles. The number of aromatic nitrogens is 2. The number of nitrogens with one attached hydrogen (secondary N) is 2. The number of nitrogens with zero attached hydrogens (tertiary/aromatic N) is 3. The van der Waals surface area contributed by atoms with Crippen molar-refractivity contribution in [2.45, 2.75) is 19.3 Å². The highest BCUT2D eigenvalue weighted by Gasteiger charge is 2.13. The predicted molar refractivity (Wildman–Crippen MR) is 98.8 cm³/mol. The minimum atomic E-state index is -0.430. The molecule has 7 nitrogen and oxygen atoms in total. The first-order valence-electron chi connectivity index (χ1n) is 8.25. The molecule has 0 fully saturated rings. The molecule has 2 rings (SSSR count). The van der Waals surface area contributed by atoms with Gasteiger partial charge in [0.25, 0.3) is 5.91 Å². The van der Waals surface area contributed by atoms with E-state index in [0.717, 1.165) is 6.54 Å². The average Bonchev–Trinajstić information content (AvgIpc) is 3.03. The van der Waals surface area contributed by atoms with Crippen LogP contribution in [0.15, 0.2) is 24.3 Å². The van der Waals surface area contributed by atoms with Gasteiger partial charge >= 0.3 is 0 Å². The summed E-state index contributed by atoms with van der Waals surface area (Å²) in [5, 5.41) is 14.2. The second-order valence-electron chi connectivity index (χ2n) is 5.97. The molecule has 0 saturated heterocycles. The van der Waals surface area contributed by atoms with Gasteiger partial charge < -0.3 is 15.5 Å². The maximum absolute atomic E-state index is 13.1. The van der Waals surface area contributed by atoms with Gasteiger partial charge in [0.1, 0.15) is 10.8 Å². The summed E-state index contributed by atoms with van der Waals surface area (Å²) in [5.74, 6) is -0.856. The van der Waals surface area contributed by atoms with Crippen molar-refractivity contribution >= 4 is 28.8 Å². The molecule has 0 radical (unpaired) electrons. The molecule has 1 aromatic carbocycles. The van der Waals surface area contributed by atoms with Gasteiger partial charge in [-0.1, -0.05) is 17.4 Å². The zero-order valence-electron chi connectivity index (χ0n) is 14.8. The first-order valence-corrected chi connectivity index (χ1v) is 9.06. The number of rotatable bonds is 9. The maximum Gasteiger partial charge on any atom is 0.286 e. The molecule has 1 aromatic heterocycles. The molecule has 0 bridgehead atoms. The molecular weight excluding hydrogens is 357 g/mol. The van der Waals surface area contributed by atoms with E-state index < -0.39 is 11.7 Å².